The van der Waals surface area contributed by atoms with Crippen molar-refractivity contribution in [1.82, 2.24) is 10.1 Å². The van der Waals surface area contributed by atoms with Crippen LogP contribution in [0, 0.1) is 0 Å². The lowest BCUT2D eigenvalue weighted by atomic mass is 10.1. The monoisotopic (exact) mass is 258 g/mol. The Bertz CT molecular complexity index is 537. The van der Waals surface area contributed by atoms with Crippen molar-refractivity contribution < 1.29 is 22.8 Å². The molecule has 1 aromatic heterocycles. The highest BCUT2D eigenvalue weighted by molar-refractivity contribution is 5.60. The first-order chi connectivity index (χ1) is 8.52. The summed E-state index contributed by atoms with van der Waals surface area (Å²) in [5.41, 5.74) is -0.959. The van der Waals surface area contributed by atoms with Crippen LogP contribution in [-0.4, -0.2) is 21.9 Å². The van der Waals surface area contributed by atoms with Gasteiger partial charge in [-0.25, -0.2) is 0 Å². The van der Waals surface area contributed by atoms with Crippen LogP contribution in [-0.2, 0) is 12.6 Å². The molecule has 0 aliphatic carbocycles. The van der Waals surface area contributed by atoms with Crippen molar-refractivity contribution in [2.24, 2.45) is 0 Å². The Hall–Kier alpha value is -1.89. The van der Waals surface area contributed by atoms with Crippen LogP contribution in [0.15, 0.2) is 28.8 Å². The third kappa shape index (κ3) is 2.51. The summed E-state index contributed by atoms with van der Waals surface area (Å²) in [6.07, 6.45) is -4.37. The first-order valence-corrected chi connectivity index (χ1v) is 5.12. The van der Waals surface area contributed by atoms with Gasteiger partial charge in [-0.05, 0) is 6.07 Å². The number of halogens is 3. The first-order valence-electron chi connectivity index (χ1n) is 5.12. The second kappa shape index (κ2) is 4.77. The first kappa shape index (κ1) is 12.6. The van der Waals surface area contributed by atoms with Crippen molar-refractivity contribution in [3.05, 3.63) is 35.7 Å². The minimum absolute atomic E-state index is 0.101. The fourth-order valence-electron chi connectivity index (χ4n) is 1.49. The highest BCUT2D eigenvalue weighted by Gasteiger charge is 2.34. The van der Waals surface area contributed by atoms with Gasteiger partial charge >= 0.3 is 6.18 Å². The van der Waals surface area contributed by atoms with Gasteiger partial charge in [0.15, 0.2) is 0 Å². The second-order valence-corrected chi connectivity index (χ2v) is 3.53. The van der Waals surface area contributed by atoms with E-state index < -0.39 is 11.7 Å². The largest absolute Gasteiger partial charge is 0.417 e. The molecule has 0 bridgehead atoms. The van der Waals surface area contributed by atoms with Crippen LogP contribution in [0.4, 0.5) is 13.2 Å². The van der Waals surface area contributed by atoms with Crippen LogP contribution in [0.3, 0.4) is 0 Å². The predicted molar refractivity (Wildman–Crippen MR) is 55.5 cm³/mol. The van der Waals surface area contributed by atoms with E-state index in [0.717, 1.165) is 6.07 Å². The van der Waals surface area contributed by atoms with E-state index in [2.05, 4.69) is 10.1 Å². The Morgan fingerprint density at radius 2 is 1.94 bits per heavy atom. The SMILES string of the molecule is OCCc1nc(-c2ccccc2C(F)(F)F)no1. The highest BCUT2D eigenvalue weighted by Crippen LogP contribution is 2.35. The highest BCUT2D eigenvalue weighted by atomic mass is 19.4. The maximum Gasteiger partial charge on any atom is 0.417 e. The molecule has 1 heterocycles. The summed E-state index contributed by atoms with van der Waals surface area (Å²) in [5.74, 6) is -0.0316. The topological polar surface area (TPSA) is 59.2 Å². The fraction of sp³-hybridized carbons (Fsp3) is 0.273. The van der Waals surface area contributed by atoms with Crippen LogP contribution < -0.4 is 0 Å². The third-order valence-electron chi connectivity index (χ3n) is 2.27. The average molecular weight is 258 g/mol. The molecule has 0 aliphatic heterocycles. The maximum absolute atomic E-state index is 12.8. The number of hydrogen-bond acceptors (Lipinski definition) is 4. The van der Waals surface area contributed by atoms with Gasteiger partial charge in [0, 0.05) is 5.56 Å². The zero-order valence-electron chi connectivity index (χ0n) is 9.11. The Labute approximate surface area is 100 Å². The molecule has 0 atom stereocenters. The molecule has 4 nitrogen and oxygen atoms in total. The summed E-state index contributed by atoms with van der Waals surface area (Å²) < 4.78 is 43.0. The molecule has 0 aliphatic rings. The molecule has 18 heavy (non-hydrogen) atoms. The van der Waals surface area contributed by atoms with Gasteiger partial charge < -0.3 is 9.63 Å². The smallest absolute Gasteiger partial charge is 0.396 e. The Morgan fingerprint density at radius 3 is 2.61 bits per heavy atom. The van der Waals surface area contributed by atoms with E-state index in [0.29, 0.717) is 0 Å². The van der Waals surface area contributed by atoms with Crippen LogP contribution in [0.25, 0.3) is 11.4 Å². The lowest BCUT2D eigenvalue weighted by Gasteiger charge is -2.09. The van der Waals surface area contributed by atoms with Gasteiger partial charge in [0.2, 0.25) is 11.7 Å². The lowest BCUT2D eigenvalue weighted by molar-refractivity contribution is -0.137. The summed E-state index contributed by atoms with van der Waals surface area (Å²) in [4.78, 5) is 3.81. The Balaban J connectivity index is 2.43. The van der Waals surface area contributed by atoms with Crippen molar-refractivity contribution >= 4 is 0 Å². The minimum Gasteiger partial charge on any atom is -0.396 e. The van der Waals surface area contributed by atoms with E-state index in [1.54, 1.807) is 0 Å². The van der Waals surface area contributed by atoms with E-state index in [9.17, 15) is 13.2 Å². The fourth-order valence-corrected chi connectivity index (χ4v) is 1.49. The van der Waals surface area contributed by atoms with Crippen LogP contribution in [0.1, 0.15) is 11.5 Å². The molecule has 7 heteroatoms. The van der Waals surface area contributed by atoms with Crippen molar-refractivity contribution in [2.45, 2.75) is 12.6 Å². The van der Waals surface area contributed by atoms with E-state index in [1.807, 2.05) is 0 Å². The molecular formula is C11H9F3N2O2. The molecule has 0 radical (unpaired) electrons. The summed E-state index contributed by atoms with van der Waals surface area (Å²) in [6, 6.07) is 4.99. The molecule has 0 spiro atoms. The van der Waals surface area contributed by atoms with Crippen molar-refractivity contribution in [1.29, 1.82) is 0 Å². The summed E-state index contributed by atoms with van der Waals surface area (Å²) in [7, 11) is 0. The molecule has 0 saturated carbocycles. The van der Waals surface area contributed by atoms with E-state index in [-0.39, 0.29) is 30.3 Å². The molecule has 0 saturated heterocycles. The molecule has 1 N–H and O–H groups in total. The number of aromatic nitrogens is 2. The average Bonchev–Trinajstić information content (AvgIpc) is 2.77. The van der Waals surface area contributed by atoms with Gasteiger partial charge in [-0.15, -0.1) is 0 Å². The molecule has 0 fully saturated rings. The van der Waals surface area contributed by atoms with Gasteiger partial charge in [0.05, 0.1) is 18.6 Å². The number of hydrogen-bond donors (Lipinski definition) is 1. The number of aliphatic hydroxyl groups is 1. The molecule has 96 valence electrons. The number of benzene rings is 1. The van der Waals surface area contributed by atoms with Crippen molar-refractivity contribution in [2.75, 3.05) is 6.61 Å². The summed E-state index contributed by atoms with van der Waals surface area (Å²) >= 11 is 0. The molecule has 1 aromatic carbocycles. The van der Waals surface area contributed by atoms with Crippen LogP contribution in [0.2, 0.25) is 0 Å². The van der Waals surface area contributed by atoms with E-state index in [4.69, 9.17) is 9.63 Å². The quantitative estimate of drug-likeness (QED) is 0.917. The second-order valence-electron chi connectivity index (χ2n) is 3.53. The number of nitrogens with zero attached hydrogens (tertiary/aromatic N) is 2. The van der Waals surface area contributed by atoms with Gasteiger partial charge in [-0.3, -0.25) is 0 Å². The third-order valence-corrected chi connectivity index (χ3v) is 2.27. The molecule has 2 aromatic rings. The Kier molecular flexibility index (Phi) is 3.33. The van der Waals surface area contributed by atoms with Crippen molar-refractivity contribution in [3.8, 4) is 11.4 Å². The zero-order chi connectivity index (χ0) is 13.2. The predicted octanol–water partition coefficient (Wildman–Crippen LogP) is 2.29. The molecule has 0 unspecified atom stereocenters. The summed E-state index contributed by atoms with van der Waals surface area (Å²) in [5, 5.41) is 12.2. The maximum atomic E-state index is 12.8. The summed E-state index contributed by atoms with van der Waals surface area (Å²) in [6.45, 7) is -0.206. The van der Waals surface area contributed by atoms with E-state index in [1.165, 1.54) is 18.2 Å². The lowest BCUT2D eigenvalue weighted by Crippen LogP contribution is -2.07. The molecular weight excluding hydrogens is 249 g/mol. The number of alkyl halides is 3. The molecule has 2 rings (SSSR count). The number of aliphatic hydroxyl groups excluding tert-OH is 1. The minimum atomic E-state index is -4.48. The standard InChI is InChI=1S/C11H9F3N2O2/c12-11(13,14)8-4-2-1-3-7(8)10-15-9(5-6-17)18-16-10/h1-4,17H,5-6H2. The normalized spacial score (nSPS) is 11.8. The van der Waals surface area contributed by atoms with E-state index >= 15 is 0 Å². The van der Waals surface area contributed by atoms with Gasteiger partial charge in [-0.1, -0.05) is 23.4 Å². The van der Waals surface area contributed by atoms with Crippen LogP contribution >= 0.6 is 0 Å². The number of rotatable bonds is 3. The zero-order valence-corrected chi connectivity index (χ0v) is 9.11. The molecule has 0 amide bonds. The van der Waals surface area contributed by atoms with Gasteiger partial charge in [0.25, 0.3) is 0 Å². The van der Waals surface area contributed by atoms with Gasteiger partial charge in [-0.2, -0.15) is 18.2 Å². The van der Waals surface area contributed by atoms with Crippen LogP contribution in [0.5, 0.6) is 0 Å². The Morgan fingerprint density at radius 1 is 1.22 bits per heavy atom. The van der Waals surface area contributed by atoms with Gasteiger partial charge in [0.1, 0.15) is 0 Å². The van der Waals surface area contributed by atoms with Crippen molar-refractivity contribution in [3.63, 3.8) is 0 Å².